The quantitative estimate of drug-likeness (QED) is 0.541. The van der Waals surface area contributed by atoms with Gasteiger partial charge in [-0.3, -0.25) is 4.79 Å². The second-order valence-corrected chi connectivity index (χ2v) is 5.78. The van der Waals surface area contributed by atoms with Crippen LogP contribution in [0.15, 0.2) is 75.7 Å². The van der Waals surface area contributed by atoms with Gasteiger partial charge in [0.1, 0.15) is 5.75 Å². The van der Waals surface area contributed by atoms with E-state index >= 15 is 0 Å². The minimum atomic E-state index is -0.276. The minimum Gasteiger partial charge on any atom is -0.497 e. The molecule has 0 saturated heterocycles. The smallest absolute Gasteiger partial charge is 0.251 e. The van der Waals surface area contributed by atoms with E-state index in [2.05, 4.69) is 20.3 Å². The summed E-state index contributed by atoms with van der Waals surface area (Å²) in [7, 11) is 1.59. The van der Waals surface area contributed by atoms with E-state index in [-0.39, 0.29) is 11.4 Å². The normalized spacial score (nSPS) is 11.3. The Balaban J connectivity index is 1.82. The molecule has 0 amide bonds. The van der Waals surface area contributed by atoms with E-state index in [9.17, 15) is 4.79 Å². The van der Waals surface area contributed by atoms with Crippen molar-refractivity contribution in [2.45, 2.75) is 0 Å². The molecule has 2 aromatic heterocycles. The number of hydrogen-bond acceptors (Lipinski definition) is 6. The molecule has 0 bridgehead atoms. The van der Waals surface area contributed by atoms with Crippen LogP contribution in [0.25, 0.3) is 16.9 Å². The maximum atomic E-state index is 12.2. The molecule has 0 aliphatic rings. The minimum absolute atomic E-state index is 0.172. The number of anilines is 1. The van der Waals surface area contributed by atoms with Crippen LogP contribution in [0.2, 0.25) is 0 Å². The van der Waals surface area contributed by atoms with Gasteiger partial charge in [0.25, 0.3) is 5.56 Å². The van der Waals surface area contributed by atoms with Gasteiger partial charge in [-0.25, -0.2) is 4.52 Å². The highest BCUT2D eigenvalue weighted by molar-refractivity contribution is 5.78. The van der Waals surface area contributed by atoms with Crippen LogP contribution in [-0.4, -0.2) is 21.7 Å². The van der Waals surface area contributed by atoms with Crippen molar-refractivity contribution in [2.24, 2.45) is 10.2 Å². The van der Waals surface area contributed by atoms with Crippen LogP contribution in [0.5, 0.6) is 5.75 Å². The molecule has 0 saturated carbocycles. The van der Waals surface area contributed by atoms with Crippen molar-refractivity contribution in [1.82, 2.24) is 14.6 Å². The number of methoxy groups -OCH3 is 1. The first-order valence-corrected chi connectivity index (χ1v) is 8.18. The number of nitrogens with zero attached hydrogens (tertiary/aromatic N) is 4. The summed E-state index contributed by atoms with van der Waals surface area (Å²) in [5.41, 5.74) is 8.53. The highest BCUT2D eigenvalue weighted by atomic mass is 16.5. The van der Waals surface area contributed by atoms with E-state index < -0.39 is 0 Å². The van der Waals surface area contributed by atoms with Crippen LogP contribution in [0.4, 0.5) is 17.2 Å². The Hall–Kier alpha value is -3.94. The fourth-order valence-corrected chi connectivity index (χ4v) is 2.72. The number of nitrogens with two attached hydrogens (primary N) is 1. The molecule has 8 heteroatoms. The summed E-state index contributed by atoms with van der Waals surface area (Å²) in [5.74, 6) is 0.896. The van der Waals surface area contributed by atoms with Crippen molar-refractivity contribution >= 4 is 22.8 Å². The lowest BCUT2D eigenvalue weighted by Crippen LogP contribution is -2.09. The van der Waals surface area contributed by atoms with E-state index in [1.54, 1.807) is 35.9 Å². The van der Waals surface area contributed by atoms with Crippen molar-refractivity contribution in [1.29, 1.82) is 0 Å². The standard InChI is InChI=1S/C19H16N6O2/c1-27-14-9-7-13(8-10-14)22-23-17-18(20)24-25-15(11-16(26)21-19(17)25)12-5-3-2-4-6-12/h2-11H,1H3,(H2,20,24)(H,21,26). The molecule has 2 heterocycles. The number of benzene rings is 2. The van der Waals surface area contributed by atoms with Gasteiger partial charge in [-0.2, -0.15) is 5.11 Å². The number of azo groups is 1. The number of hydrogen-bond donors (Lipinski definition) is 2. The van der Waals surface area contributed by atoms with Crippen molar-refractivity contribution in [2.75, 3.05) is 12.8 Å². The average Bonchev–Trinajstić information content (AvgIpc) is 3.02. The molecule has 0 fully saturated rings. The van der Waals surface area contributed by atoms with Gasteiger partial charge in [0.2, 0.25) is 0 Å². The zero-order valence-corrected chi connectivity index (χ0v) is 14.5. The van der Waals surface area contributed by atoms with Crippen LogP contribution in [0.3, 0.4) is 0 Å². The van der Waals surface area contributed by atoms with Crippen molar-refractivity contribution in [3.63, 3.8) is 0 Å². The van der Waals surface area contributed by atoms with E-state index in [0.29, 0.717) is 22.7 Å². The van der Waals surface area contributed by atoms with E-state index in [1.165, 1.54) is 6.07 Å². The Morgan fingerprint density at radius 3 is 2.52 bits per heavy atom. The first-order chi connectivity index (χ1) is 13.2. The topological polar surface area (TPSA) is 110 Å². The molecule has 3 N–H and O–H groups in total. The summed E-state index contributed by atoms with van der Waals surface area (Å²) in [5, 5.41) is 12.7. The number of nitrogen functional groups attached to an aromatic ring is 1. The maximum Gasteiger partial charge on any atom is 0.251 e. The Morgan fingerprint density at radius 1 is 1.07 bits per heavy atom. The molecule has 8 nitrogen and oxygen atoms in total. The Labute approximate surface area is 153 Å². The molecule has 0 atom stereocenters. The van der Waals surface area contributed by atoms with Gasteiger partial charge < -0.3 is 15.5 Å². The monoisotopic (exact) mass is 360 g/mol. The fourth-order valence-electron chi connectivity index (χ4n) is 2.72. The van der Waals surface area contributed by atoms with Crippen LogP contribution in [-0.2, 0) is 0 Å². The third kappa shape index (κ3) is 3.15. The van der Waals surface area contributed by atoms with Crippen LogP contribution in [0, 0.1) is 0 Å². The van der Waals surface area contributed by atoms with Crippen molar-refractivity contribution in [3.8, 4) is 17.0 Å². The van der Waals surface area contributed by atoms with Gasteiger partial charge in [-0.1, -0.05) is 30.3 Å². The van der Waals surface area contributed by atoms with Gasteiger partial charge in [-0.05, 0) is 24.3 Å². The molecular formula is C19H16N6O2. The lowest BCUT2D eigenvalue weighted by molar-refractivity contribution is 0.415. The molecule has 0 spiro atoms. The van der Waals surface area contributed by atoms with Gasteiger partial charge >= 0.3 is 0 Å². The van der Waals surface area contributed by atoms with Crippen LogP contribution < -0.4 is 16.0 Å². The summed E-state index contributed by atoms with van der Waals surface area (Å²) in [6, 6.07) is 18.0. The largest absolute Gasteiger partial charge is 0.497 e. The number of ether oxygens (including phenoxy) is 1. The molecule has 134 valence electrons. The number of fused-ring (bicyclic) bond motifs is 1. The summed E-state index contributed by atoms with van der Waals surface area (Å²) in [6.45, 7) is 0. The Kier molecular flexibility index (Phi) is 4.13. The average molecular weight is 360 g/mol. The summed E-state index contributed by atoms with van der Waals surface area (Å²) < 4.78 is 6.68. The van der Waals surface area contributed by atoms with Gasteiger partial charge in [0.05, 0.1) is 18.5 Å². The molecule has 2 aromatic carbocycles. The number of rotatable bonds is 4. The van der Waals surface area contributed by atoms with Crippen molar-refractivity contribution in [3.05, 3.63) is 71.0 Å². The molecule has 0 unspecified atom stereocenters. The highest BCUT2D eigenvalue weighted by Gasteiger charge is 2.15. The molecule has 4 rings (SSSR count). The lowest BCUT2D eigenvalue weighted by atomic mass is 10.1. The second-order valence-electron chi connectivity index (χ2n) is 5.78. The summed E-state index contributed by atoms with van der Waals surface area (Å²) in [6.07, 6.45) is 0. The number of aromatic amines is 1. The number of H-pyrrole nitrogens is 1. The van der Waals surface area contributed by atoms with Crippen LogP contribution in [0.1, 0.15) is 0 Å². The lowest BCUT2D eigenvalue weighted by Gasteiger charge is -2.04. The van der Waals surface area contributed by atoms with Crippen molar-refractivity contribution < 1.29 is 4.74 Å². The molecule has 4 aromatic rings. The number of nitrogens with one attached hydrogen (secondary N) is 1. The first kappa shape index (κ1) is 16.5. The third-order valence-corrected chi connectivity index (χ3v) is 4.03. The molecule has 27 heavy (non-hydrogen) atoms. The predicted octanol–water partition coefficient (Wildman–Crippen LogP) is 3.70. The maximum absolute atomic E-state index is 12.2. The van der Waals surface area contributed by atoms with E-state index in [1.807, 2.05) is 30.3 Å². The van der Waals surface area contributed by atoms with Crippen LogP contribution >= 0.6 is 0 Å². The molecule has 0 aliphatic carbocycles. The molecule has 0 radical (unpaired) electrons. The third-order valence-electron chi connectivity index (χ3n) is 4.03. The fraction of sp³-hybridized carbons (Fsp3) is 0.0526. The Morgan fingerprint density at radius 2 is 1.81 bits per heavy atom. The molecular weight excluding hydrogens is 344 g/mol. The molecule has 0 aliphatic heterocycles. The van der Waals surface area contributed by atoms with E-state index in [4.69, 9.17) is 10.5 Å². The summed E-state index contributed by atoms with van der Waals surface area (Å²) >= 11 is 0. The highest BCUT2D eigenvalue weighted by Crippen LogP contribution is 2.30. The zero-order chi connectivity index (χ0) is 18.8. The zero-order valence-electron chi connectivity index (χ0n) is 14.5. The Bertz CT molecular complexity index is 1180. The SMILES string of the molecule is COc1ccc(N=Nc2c(N)nn3c(-c4ccccc4)cc(=O)[nH]c23)cc1. The first-order valence-electron chi connectivity index (χ1n) is 8.18. The number of aromatic nitrogens is 3. The van der Waals surface area contributed by atoms with Gasteiger partial charge in [-0.15, -0.1) is 10.2 Å². The summed E-state index contributed by atoms with van der Waals surface area (Å²) in [4.78, 5) is 14.9. The predicted molar refractivity (Wildman–Crippen MR) is 103 cm³/mol. The second kappa shape index (κ2) is 6.75. The van der Waals surface area contributed by atoms with Gasteiger partial charge in [0.15, 0.2) is 17.2 Å². The van der Waals surface area contributed by atoms with E-state index in [0.717, 1.165) is 11.3 Å². The van der Waals surface area contributed by atoms with Gasteiger partial charge in [0, 0.05) is 11.6 Å².